The topological polar surface area (TPSA) is 36.4 Å². The van der Waals surface area contributed by atoms with Gasteiger partial charge in [0.05, 0.1) is 10.7 Å². The zero-order chi connectivity index (χ0) is 14.3. The summed E-state index contributed by atoms with van der Waals surface area (Å²) in [5.41, 5.74) is 1.52. The van der Waals surface area contributed by atoms with Crippen molar-refractivity contribution >= 4 is 17.2 Å². The molecule has 1 saturated heterocycles. The third-order valence-corrected chi connectivity index (χ3v) is 5.65. The second kappa shape index (κ2) is 5.11. The molecule has 0 bridgehead atoms. The van der Waals surface area contributed by atoms with Gasteiger partial charge in [-0.15, -0.1) is 11.3 Å². The Bertz CT molecular complexity index is 503. The molecule has 1 atom stereocenters. The number of amides is 1. The first-order chi connectivity index (χ1) is 9.50. The predicted octanol–water partition coefficient (Wildman–Crippen LogP) is 2.14. The Hall–Kier alpha value is -0.940. The lowest BCUT2D eigenvalue weighted by Crippen LogP contribution is -2.36. The first-order valence-electron chi connectivity index (χ1n) is 7.35. The maximum Gasteiger partial charge on any atom is 0.225 e. The van der Waals surface area contributed by atoms with E-state index >= 15 is 0 Å². The molecule has 20 heavy (non-hydrogen) atoms. The molecule has 0 aromatic carbocycles. The van der Waals surface area contributed by atoms with E-state index in [1.165, 1.54) is 18.5 Å². The summed E-state index contributed by atoms with van der Waals surface area (Å²) in [6.07, 6.45) is 3.44. The van der Waals surface area contributed by atoms with Crippen LogP contribution in [0, 0.1) is 18.3 Å². The number of likely N-dealkylation sites (tertiary alicyclic amines) is 1. The molecule has 110 valence electrons. The van der Waals surface area contributed by atoms with Crippen molar-refractivity contribution in [2.75, 3.05) is 27.2 Å². The number of hydrogen-bond donors (Lipinski definition) is 0. The fourth-order valence-corrected chi connectivity index (χ4v) is 4.03. The van der Waals surface area contributed by atoms with E-state index in [0.717, 1.165) is 31.1 Å². The van der Waals surface area contributed by atoms with Crippen LogP contribution < -0.4 is 0 Å². The number of thiazole rings is 1. The van der Waals surface area contributed by atoms with E-state index in [1.807, 2.05) is 14.1 Å². The van der Waals surface area contributed by atoms with Crippen LogP contribution in [0.15, 0.2) is 5.38 Å². The Balaban J connectivity index is 1.52. The summed E-state index contributed by atoms with van der Waals surface area (Å²) in [5.74, 6) is 0.620. The lowest BCUT2D eigenvalue weighted by atomic mass is 9.90. The Morgan fingerprint density at radius 3 is 2.75 bits per heavy atom. The highest BCUT2D eigenvalue weighted by Crippen LogP contribution is 2.59. The van der Waals surface area contributed by atoms with Crippen LogP contribution in [0.5, 0.6) is 0 Å². The molecule has 2 fully saturated rings. The summed E-state index contributed by atoms with van der Waals surface area (Å²) in [4.78, 5) is 20.8. The highest BCUT2D eigenvalue weighted by molar-refractivity contribution is 7.09. The number of aryl methyl sites for hydroxylation is 1. The molecule has 1 aliphatic heterocycles. The molecule has 1 spiro atoms. The van der Waals surface area contributed by atoms with Crippen molar-refractivity contribution in [2.45, 2.75) is 32.7 Å². The van der Waals surface area contributed by atoms with E-state index in [9.17, 15) is 4.79 Å². The van der Waals surface area contributed by atoms with Gasteiger partial charge in [0.2, 0.25) is 5.91 Å². The van der Waals surface area contributed by atoms with Crippen LogP contribution in [0.3, 0.4) is 0 Å². The van der Waals surface area contributed by atoms with E-state index in [0.29, 0.717) is 17.2 Å². The maximum absolute atomic E-state index is 12.1. The van der Waals surface area contributed by atoms with Crippen LogP contribution in [0.4, 0.5) is 0 Å². The van der Waals surface area contributed by atoms with Crippen LogP contribution >= 0.6 is 11.3 Å². The summed E-state index contributed by atoms with van der Waals surface area (Å²) in [6, 6.07) is 0. The van der Waals surface area contributed by atoms with E-state index < -0.39 is 0 Å². The van der Waals surface area contributed by atoms with Gasteiger partial charge in [-0.1, -0.05) is 0 Å². The summed E-state index contributed by atoms with van der Waals surface area (Å²) in [7, 11) is 3.74. The lowest BCUT2D eigenvalue weighted by Gasteiger charge is -2.32. The van der Waals surface area contributed by atoms with Crippen molar-refractivity contribution in [3.8, 4) is 0 Å². The maximum atomic E-state index is 12.1. The number of carbonyl (C=O) groups is 1. The molecule has 0 radical (unpaired) electrons. The zero-order valence-electron chi connectivity index (χ0n) is 12.6. The van der Waals surface area contributed by atoms with Crippen LogP contribution in [0.2, 0.25) is 0 Å². The Morgan fingerprint density at radius 1 is 1.50 bits per heavy atom. The van der Waals surface area contributed by atoms with Gasteiger partial charge in [0.15, 0.2) is 0 Å². The van der Waals surface area contributed by atoms with Crippen LogP contribution in [-0.4, -0.2) is 47.9 Å². The predicted molar refractivity (Wildman–Crippen MR) is 80.6 cm³/mol. The smallest absolute Gasteiger partial charge is 0.225 e. The first-order valence-corrected chi connectivity index (χ1v) is 8.23. The van der Waals surface area contributed by atoms with Crippen LogP contribution in [-0.2, 0) is 11.3 Å². The van der Waals surface area contributed by atoms with Crippen molar-refractivity contribution < 1.29 is 4.79 Å². The molecule has 1 aromatic rings. The Kier molecular flexibility index (Phi) is 3.58. The molecule has 2 aliphatic rings. The van der Waals surface area contributed by atoms with Gasteiger partial charge in [-0.2, -0.15) is 0 Å². The minimum absolute atomic E-state index is 0.293. The van der Waals surface area contributed by atoms with Gasteiger partial charge in [0, 0.05) is 31.9 Å². The molecular weight excluding hydrogens is 270 g/mol. The SMILES string of the molecule is Cc1nc(CN2CCC3(CC2)C[C@H]3C(=O)N(C)C)cs1. The number of carbonyl (C=O) groups excluding carboxylic acids is 1. The van der Waals surface area contributed by atoms with Crippen molar-refractivity contribution in [1.82, 2.24) is 14.8 Å². The average molecular weight is 293 g/mol. The van der Waals surface area contributed by atoms with Crippen molar-refractivity contribution in [1.29, 1.82) is 0 Å². The largest absolute Gasteiger partial charge is 0.349 e. The van der Waals surface area contributed by atoms with Gasteiger partial charge in [0.1, 0.15) is 0 Å². The zero-order valence-corrected chi connectivity index (χ0v) is 13.4. The second-order valence-electron chi connectivity index (χ2n) is 6.49. The fraction of sp³-hybridized carbons (Fsp3) is 0.733. The van der Waals surface area contributed by atoms with Crippen LogP contribution in [0.25, 0.3) is 0 Å². The van der Waals surface area contributed by atoms with E-state index in [-0.39, 0.29) is 0 Å². The van der Waals surface area contributed by atoms with Gasteiger partial charge in [-0.25, -0.2) is 4.98 Å². The minimum atomic E-state index is 0.293. The van der Waals surface area contributed by atoms with Gasteiger partial charge < -0.3 is 4.90 Å². The third kappa shape index (κ3) is 2.61. The molecule has 0 N–H and O–H groups in total. The Morgan fingerprint density at radius 2 is 2.20 bits per heavy atom. The lowest BCUT2D eigenvalue weighted by molar-refractivity contribution is -0.131. The highest BCUT2D eigenvalue weighted by Gasteiger charge is 2.58. The normalized spacial score (nSPS) is 24.9. The highest BCUT2D eigenvalue weighted by atomic mass is 32.1. The number of aromatic nitrogens is 1. The summed E-state index contributed by atoms with van der Waals surface area (Å²) < 4.78 is 0. The molecular formula is C15H23N3OS. The van der Waals surface area contributed by atoms with E-state index in [2.05, 4.69) is 22.2 Å². The third-order valence-electron chi connectivity index (χ3n) is 4.83. The second-order valence-corrected chi connectivity index (χ2v) is 7.55. The van der Waals surface area contributed by atoms with Crippen molar-refractivity contribution in [2.24, 2.45) is 11.3 Å². The molecule has 1 aliphatic carbocycles. The molecule has 1 aromatic heterocycles. The summed E-state index contributed by atoms with van der Waals surface area (Å²) in [6.45, 7) is 5.23. The summed E-state index contributed by atoms with van der Waals surface area (Å²) >= 11 is 1.72. The van der Waals surface area contributed by atoms with Gasteiger partial charge in [-0.3, -0.25) is 9.69 Å². The van der Waals surface area contributed by atoms with Crippen LogP contribution in [0.1, 0.15) is 30.0 Å². The van der Waals surface area contributed by atoms with E-state index in [4.69, 9.17) is 0 Å². The monoisotopic (exact) mass is 293 g/mol. The molecule has 3 rings (SSSR count). The van der Waals surface area contributed by atoms with Crippen molar-refractivity contribution in [3.63, 3.8) is 0 Å². The number of nitrogens with zero attached hydrogens (tertiary/aromatic N) is 3. The molecule has 0 unspecified atom stereocenters. The molecule has 1 amide bonds. The van der Waals surface area contributed by atoms with E-state index in [1.54, 1.807) is 16.2 Å². The number of rotatable bonds is 3. The van der Waals surface area contributed by atoms with Crippen molar-refractivity contribution in [3.05, 3.63) is 16.1 Å². The fourth-order valence-electron chi connectivity index (χ4n) is 3.43. The molecule has 1 saturated carbocycles. The standard InChI is InChI=1S/C15H23N3OS/c1-11-16-12(10-20-11)9-18-6-4-15(5-7-18)8-13(15)14(19)17(2)3/h10,13H,4-9H2,1-3H3/t13-/m0/s1. The molecule has 2 heterocycles. The van der Waals surface area contributed by atoms with Gasteiger partial charge in [0.25, 0.3) is 0 Å². The van der Waals surface area contributed by atoms with Gasteiger partial charge >= 0.3 is 0 Å². The molecule has 5 heteroatoms. The minimum Gasteiger partial charge on any atom is -0.349 e. The first kappa shape index (κ1) is 14.0. The average Bonchev–Trinajstić information content (AvgIpc) is 2.96. The Labute approximate surface area is 124 Å². The van der Waals surface area contributed by atoms with Gasteiger partial charge in [-0.05, 0) is 44.7 Å². The number of piperidine rings is 1. The number of hydrogen-bond acceptors (Lipinski definition) is 4. The summed E-state index contributed by atoms with van der Waals surface area (Å²) in [5, 5.41) is 3.31. The molecule has 4 nitrogen and oxygen atoms in total. The quantitative estimate of drug-likeness (QED) is 0.857.